The van der Waals surface area contributed by atoms with Gasteiger partial charge in [0.1, 0.15) is 0 Å². The number of rotatable bonds is 7. The number of para-hydroxylation sites is 1. The lowest BCUT2D eigenvalue weighted by atomic mass is 9.80. The minimum Gasteiger partial charge on any atom is -0.368 e. The maximum absolute atomic E-state index is 6.20. The lowest BCUT2D eigenvalue weighted by Crippen LogP contribution is -2.54. The fraction of sp³-hybridized carbons (Fsp3) is 0.647. The molecule has 0 heterocycles. The van der Waals surface area contributed by atoms with Crippen molar-refractivity contribution in [1.29, 1.82) is 0 Å². The van der Waals surface area contributed by atoms with Crippen molar-refractivity contribution < 1.29 is 0 Å². The first kappa shape index (κ1) is 16.0. The van der Waals surface area contributed by atoms with E-state index in [0.29, 0.717) is 18.4 Å². The summed E-state index contributed by atoms with van der Waals surface area (Å²) in [5.41, 5.74) is 7.52. The SMILES string of the molecule is CC(C)CC(CN)(CC(C)C)N(C)c1ccccc1. The summed E-state index contributed by atoms with van der Waals surface area (Å²) in [5.74, 6) is 1.29. The first-order valence-electron chi connectivity index (χ1n) is 7.40. The van der Waals surface area contributed by atoms with Gasteiger partial charge in [-0.1, -0.05) is 45.9 Å². The second-order valence-electron chi connectivity index (χ2n) is 6.52. The molecule has 0 aromatic heterocycles. The molecule has 19 heavy (non-hydrogen) atoms. The molecule has 0 bridgehead atoms. The molecule has 108 valence electrons. The second-order valence-corrected chi connectivity index (χ2v) is 6.52. The molecule has 0 atom stereocenters. The molecule has 2 N–H and O–H groups in total. The monoisotopic (exact) mass is 262 g/mol. The Hall–Kier alpha value is -1.02. The van der Waals surface area contributed by atoms with E-state index < -0.39 is 0 Å². The smallest absolute Gasteiger partial charge is 0.0525 e. The van der Waals surface area contributed by atoms with Crippen LogP contribution in [-0.4, -0.2) is 19.1 Å². The molecule has 0 radical (unpaired) electrons. The van der Waals surface area contributed by atoms with Crippen LogP contribution in [0.3, 0.4) is 0 Å². The zero-order valence-electron chi connectivity index (χ0n) is 13.2. The standard InChI is InChI=1S/C17H30N2/c1-14(2)11-17(13-18,12-15(3)4)19(5)16-9-7-6-8-10-16/h6-10,14-15H,11-13,18H2,1-5H3. The minimum absolute atomic E-state index is 0.0592. The fourth-order valence-corrected chi connectivity index (χ4v) is 3.11. The average molecular weight is 262 g/mol. The molecular formula is C17H30N2. The van der Waals surface area contributed by atoms with Crippen molar-refractivity contribution in [2.24, 2.45) is 17.6 Å². The van der Waals surface area contributed by atoms with E-state index in [-0.39, 0.29) is 5.54 Å². The van der Waals surface area contributed by atoms with E-state index in [4.69, 9.17) is 5.73 Å². The lowest BCUT2D eigenvalue weighted by molar-refractivity contribution is 0.280. The molecule has 0 aliphatic rings. The van der Waals surface area contributed by atoms with Gasteiger partial charge < -0.3 is 10.6 Å². The molecule has 0 spiro atoms. The van der Waals surface area contributed by atoms with Gasteiger partial charge in [0.25, 0.3) is 0 Å². The van der Waals surface area contributed by atoms with Gasteiger partial charge in [0.15, 0.2) is 0 Å². The Bertz CT molecular complexity index is 347. The van der Waals surface area contributed by atoms with Crippen LogP contribution in [0.2, 0.25) is 0 Å². The third kappa shape index (κ3) is 4.24. The van der Waals surface area contributed by atoms with E-state index in [9.17, 15) is 0 Å². The molecule has 0 unspecified atom stereocenters. The highest BCUT2D eigenvalue weighted by atomic mass is 15.2. The first-order valence-corrected chi connectivity index (χ1v) is 7.40. The molecule has 0 saturated carbocycles. The molecule has 1 aromatic rings. The molecule has 0 aliphatic heterocycles. The molecule has 0 saturated heterocycles. The normalized spacial score (nSPS) is 12.2. The van der Waals surface area contributed by atoms with Gasteiger partial charge in [-0.3, -0.25) is 0 Å². The van der Waals surface area contributed by atoms with Crippen molar-refractivity contribution in [3.63, 3.8) is 0 Å². The van der Waals surface area contributed by atoms with Crippen LogP contribution in [0, 0.1) is 11.8 Å². The Kier molecular flexibility index (Phi) is 5.86. The Balaban J connectivity index is 3.06. The molecule has 0 aliphatic carbocycles. The summed E-state index contributed by atoms with van der Waals surface area (Å²) in [6.45, 7) is 9.83. The van der Waals surface area contributed by atoms with Gasteiger partial charge in [0, 0.05) is 19.3 Å². The number of likely N-dealkylation sites (N-methyl/N-ethyl adjacent to an activating group) is 1. The van der Waals surface area contributed by atoms with Gasteiger partial charge >= 0.3 is 0 Å². The summed E-state index contributed by atoms with van der Waals surface area (Å²) in [5, 5.41) is 0. The molecule has 0 fully saturated rings. The zero-order chi connectivity index (χ0) is 14.5. The summed E-state index contributed by atoms with van der Waals surface area (Å²) < 4.78 is 0. The van der Waals surface area contributed by atoms with Crippen LogP contribution >= 0.6 is 0 Å². The average Bonchev–Trinajstić information content (AvgIpc) is 2.36. The predicted molar refractivity (Wildman–Crippen MR) is 85.5 cm³/mol. The topological polar surface area (TPSA) is 29.3 Å². The number of hydrogen-bond donors (Lipinski definition) is 1. The van der Waals surface area contributed by atoms with Gasteiger partial charge in [-0.25, -0.2) is 0 Å². The van der Waals surface area contributed by atoms with E-state index in [1.807, 2.05) is 0 Å². The molecule has 2 nitrogen and oxygen atoms in total. The molecule has 0 amide bonds. The van der Waals surface area contributed by atoms with Crippen molar-refractivity contribution in [1.82, 2.24) is 0 Å². The molecule has 1 aromatic carbocycles. The van der Waals surface area contributed by atoms with Crippen molar-refractivity contribution >= 4 is 5.69 Å². The molecule has 1 rings (SSSR count). The minimum atomic E-state index is 0.0592. The van der Waals surface area contributed by atoms with E-state index in [1.165, 1.54) is 5.69 Å². The third-order valence-corrected chi connectivity index (χ3v) is 3.81. The number of anilines is 1. The van der Waals surface area contributed by atoms with Gasteiger partial charge in [0.2, 0.25) is 0 Å². The zero-order valence-corrected chi connectivity index (χ0v) is 13.2. The van der Waals surface area contributed by atoms with Crippen LogP contribution in [-0.2, 0) is 0 Å². The third-order valence-electron chi connectivity index (χ3n) is 3.81. The highest BCUT2D eigenvalue weighted by Gasteiger charge is 2.34. The van der Waals surface area contributed by atoms with Gasteiger partial charge in [-0.15, -0.1) is 0 Å². The second kappa shape index (κ2) is 6.95. The van der Waals surface area contributed by atoms with Crippen LogP contribution in [0.5, 0.6) is 0 Å². The van der Waals surface area contributed by atoms with E-state index in [1.54, 1.807) is 0 Å². The Labute approximate surface area is 119 Å². The van der Waals surface area contributed by atoms with Crippen LogP contribution in [0.4, 0.5) is 5.69 Å². The Morgan fingerprint density at radius 1 is 1.00 bits per heavy atom. The van der Waals surface area contributed by atoms with Crippen LogP contribution in [0.25, 0.3) is 0 Å². The largest absolute Gasteiger partial charge is 0.368 e. The van der Waals surface area contributed by atoms with Crippen LogP contribution < -0.4 is 10.6 Å². The predicted octanol–water partition coefficient (Wildman–Crippen LogP) is 3.91. The number of benzene rings is 1. The summed E-state index contributed by atoms with van der Waals surface area (Å²) in [4.78, 5) is 2.40. The van der Waals surface area contributed by atoms with Crippen LogP contribution in [0.15, 0.2) is 30.3 Å². The maximum atomic E-state index is 6.20. The van der Waals surface area contributed by atoms with Crippen molar-refractivity contribution in [2.45, 2.75) is 46.1 Å². The highest BCUT2D eigenvalue weighted by molar-refractivity contribution is 5.48. The summed E-state index contributed by atoms with van der Waals surface area (Å²) in [7, 11) is 2.19. The van der Waals surface area contributed by atoms with E-state index in [0.717, 1.165) is 12.8 Å². The Morgan fingerprint density at radius 3 is 1.84 bits per heavy atom. The maximum Gasteiger partial charge on any atom is 0.0525 e. The van der Waals surface area contributed by atoms with Crippen molar-refractivity contribution in [3.05, 3.63) is 30.3 Å². The Morgan fingerprint density at radius 2 is 1.47 bits per heavy atom. The van der Waals surface area contributed by atoms with E-state index in [2.05, 4.69) is 70.0 Å². The number of hydrogen-bond acceptors (Lipinski definition) is 2. The van der Waals surface area contributed by atoms with Gasteiger partial charge in [0.05, 0.1) is 5.54 Å². The van der Waals surface area contributed by atoms with Gasteiger partial charge in [-0.05, 0) is 36.8 Å². The summed E-state index contributed by atoms with van der Waals surface area (Å²) in [6, 6.07) is 10.6. The first-order chi connectivity index (χ1) is 8.91. The molecule has 2 heteroatoms. The van der Waals surface area contributed by atoms with Gasteiger partial charge in [-0.2, -0.15) is 0 Å². The number of nitrogens with two attached hydrogens (primary N) is 1. The lowest BCUT2D eigenvalue weighted by Gasteiger charge is -2.45. The molecular weight excluding hydrogens is 232 g/mol. The van der Waals surface area contributed by atoms with Crippen molar-refractivity contribution in [2.75, 3.05) is 18.5 Å². The fourth-order valence-electron chi connectivity index (χ4n) is 3.11. The van der Waals surface area contributed by atoms with Crippen LogP contribution in [0.1, 0.15) is 40.5 Å². The van der Waals surface area contributed by atoms with Crippen molar-refractivity contribution in [3.8, 4) is 0 Å². The van der Waals surface area contributed by atoms with E-state index >= 15 is 0 Å². The number of nitrogens with zero attached hydrogens (tertiary/aromatic N) is 1. The highest BCUT2D eigenvalue weighted by Crippen LogP contribution is 2.33. The summed E-state index contributed by atoms with van der Waals surface area (Å²) >= 11 is 0. The summed E-state index contributed by atoms with van der Waals surface area (Å²) in [6.07, 6.45) is 2.26. The quantitative estimate of drug-likeness (QED) is 0.807.